The molecule has 0 aliphatic carbocycles. The van der Waals surface area contributed by atoms with Gasteiger partial charge in [0.15, 0.2) is 5.69 Å². The van der Waals surface area contributed by atoms with E-state index in [0.29, 0.717) is 22.9 Å². The van der Waals surface area contributed by atoms with Crippen LogP contribution in [0.4, 0.5) is 10.1 Å². The van der Waals surface area contributed by atoms with Crippen LogP contribution in [0.2, 0.25) is 0 Å². The summed E-state index contributed by atoms with van der Waals surface area (Å²) in [5.41, 5.74) is 4.15. The lowest BCUT2D eigenvalue weighted by atomic mass is 10.0. The number of aromatic nitrogens is 3. The summed E-state index contributed by atoms with van der Waals surface area (Å²) in [5.74, 6) is -0.268. The third kappa shape index (κ3) is 3.49. The number of amides is 1. The van der Waals surface area contributed by atoms with Gasteiger partial charge in [-0.2, -0.15) is 0 Å². The van der Waals surface area contributed by atoms with Gasteiger partial charge in [0.2, 0.25) is 0 Å². The fourth-order valence-electron chi connectivity index (χ4n) is 2.73. The molecule has 0 fully saturated rings. The number of rotatable bonds is 4. The maximum absolute atomic E-state index is 13.2. The van der Waals surface area contributed by atoms with Crippen molar-refractivity contribution < 1.29 is 9.18 Å². The molecule has 26 heavy (non-hydrogen) atoms. The molecule has 0 atom stereocenters. The molecule has 1 N–H and O–H groups in total. The predicted octanol–water partition coefficient (Wildman–Crippen LogP) is 4.40. The maximum Gasteiger partial charge on any atom is 0.278 e. The minimum atomic E-state index is -0.373. The number of hydrogen-bond acceptors (Lipinski definition) is 3. The topological polar surface area (TPSA) is 59.8 Å². The highest BCUT2D eigenvalue weighted by molar-refractivity contribution is 6.04. The highest BCUT2D eigenvalue weighted by atomic mass is 19.1. The number of aryl methyl sites for hydroxylation is 1. The summed E-state index contributed by atoms with van der Waals surface area (Å²) in [6, 6.07) is 12.2. The molecular weight excluding hydrogens is 331 g/mol. The lowest BCUT2D eigenvalue weighted by Crippen LogP contribution is -2.15. The van der Waals surface area contributed by atoms with E-state index in [1.807, 2.05) is 24.3 Å². The first-order chi connectivity index (χ1) is 12.4. The molecule has 0 bridgehead atoms. The molecule has 0 aliphatic rings. The average molecular weight is 352 g/mol. The van der Waals surface area contributed by atoms with Gasteiger partial charge in [-0.15, -0.1) is 5.10 Å². The molecule has 0 saturated carbocycles. The first-order valence-electron chi connectivity index (χ1n) is 8.47. The van der Waals surface area contributed by atoms with Crippen molar-refractivity contribution in [3.05, 3.63) is 70.8 Å². The zero-order valence-electron chi connectivity index (χ0n) is 15.2. The number of nitrogens with one attached hydrogen (secondary N) is 1. The van der Waals surface area contributed by atoms with Crippen molar-refractivity contribution in [2.75, 3.05) is 5.32 Å². The second kappa shape index (κ2) is 7.07. The Kier molecular flexibility index (Phi) is 4.84. The van der Waals surface area contributed by atoms with E-state index in [4.69, 9.17) is 0 Å². The molecule has 0 unspecified atom stereocenters. The normalized spacial score (nSPS) is 11.0. The largest absolute Gasteiger partial charge is 0.320 e. The number of carbonyl (C=O) groups excluding carboxylic acids is 1. The lowest BCUT2D eigenvalue weighted by Gasteiger charge is -2.09. The van der Waals surface area contributed by atoms with E-state index >= 15 is 0 Å². The molecule has 1 aromatic heterocycles. The summed E-state index contributed by atoms with van der Waals surface area (Å²) in [6.07, 6.45) is 0. The quantitative estimate of drug-likeness (QED) is 0.757. The van der Waals surface area contributed by atoms with Gasteiger partial charge in [-0.05, 0) is 61.2 Å². The monoisotopic (exact) mass is 352 g/mol. The highest BCUT2D eigenvalue weighted by Gasteiger charge is 2.18. The van der Waals surface area contributed by atoms with E-state index in [9.17, 15) is 9.18 Å². The summed E-state index contributed by atoms with van der Waals surface area (Å²) in [4.78, 5) is 12.5. The molecule has 0 aliphatic heterocycles. The Morgan fingerprint density at radius 3 is 2.42 bits per heavy atom. The van der Waals surface area contributed by atoms with Crippen molar-refractivity contribution in [2.24, 2.45) is 0 Å². The van der Waals surface area contributed by atoms with Gasteiger partial charge in [0.25, 0.3) is 5.91 Å². The molecule has 3 rings (SSSR count). The zero-order chi connectivity index (χ0) is 18.8. The predicted molar refractivity (Wildman–Crippen MR) is 99.3 cm³/mol. The zero-order valence-corrected chi connectivity index (χ0v) is 15.2. The molecule has 0 saturated heterocycles. The van der Waals surface area contributed by atoms with Crippen LogP contribution in [-0.4, -0.2) is 20.9 Å². The summed E-state index contributed by atoms with van der Waals surface area (Å²) >= 11 is 0. The number of hydrogen-bond donors (Lipinski definition) is 1. The smallest absolute Gasteiger partial charge is 0.278 e. The third-order valence-corrected chi connectivity index (χ3v) is 4.35. The van der Waals surface area contributed by atoms with Gasteiger partial charge in [-0.25, -0.2) is 9.07 Å². The van der Waals surface area contributed by atoms with Crippen molar-refractivity contribution in [2.45, 2.75) is 33.6 Å². The van der Waals surface area contributed by atoms with E-state index in [0.717, 1.165) is 5.69 Å². The Morgan fingerprint density at radius 2 is 1.81 bits per heavy atom. The van der Waals surface area contributed by atoms with Crippen molar-refractivity contribution in [1.29, 1.82) is 0 Å². The highest BCUT2D eigenvalue weighted by Crippen LogP contribution is 2.20. The van der Waals surface area contributed by atoms with Gasteiger partial charge < -0.3 is 5.32 Å². The minimum absolute atomic E-state index is 0.238. The van der Waals surface area contributed by atoms with Crippen molar-refractivity contribution in [1.82, 2.24) is 15.0 Å². The summed E-state index contributed by atoms with van der Waals surface area (Å²) in [7, 11) is 0. The number of halogens is 1. The Morgan fingerprint density at radius 1 is 1.12 bits per heavy atom. The molecule has 0 radical (unpaired) electrons. The van der Waals surface area contributed by atoms with Gasteiger partial charge in [0.1, 0.15) is 5.82 Å². The van der Waals surface area contributed by atoms with Gasteiger partial charge in [-0.3, -0.25) is 4.79 Å². The van der Waals surface area contributed by atoms with Crippen LogP contribution >= 0.6 is 0 Å². The van der Waals surface area contributed by atoms with Gasteiger partial charge >= 0.3 is 0 Å². The van der Waals surface area contributed by atoms with E-state index in [1.54, 1.807) is 18.5 Å². The second-order valence-electron chi connectivity index (χ2n) is 6.59. The number of nitrogens with zero attached hydrogens (tertiary/aromatic N) is 3. The van der Waals surface area contributed by atoms with Gasteiger partial charge in [-0.1, -0.05) is 31.2 Å². The Bertz CT molecular complexity index is 945. The van der Waals surface area contributed by atoms with Crippen molar-refractivity contribution in [3.8, 4) is 5.69 Å². The molecular formula is C20H21FN4O. The summed E-state index contributed by atoms with van der Waals surface area (Å²) in [6.45, 7) is 7.80. The third-order valence-electron chi connectivity index (χ3n) is 4.35. The van der Waals surface area contributed by atoms with Crippen LogP contribution in [0.5, 0.6) is 0 Å². The minimum Gasteiger partial charge on any atom is -0.320 e. The molecule has 1 heterocycles. The molecule has 134 valence electrons. The maximum atomic E-state index is 13.2. The number of carbonyl (C=O) groups is 1. The summed E-state index contributed by atoms with van der Waals surface area (Å²) < 4.78 is 14.8. The van der Waals surface area contributed by atoms with E-state index < -0.39 is 0 Å². The Hall–Kier alpha value is -3.02. The van der Waals surface area contributed by atoms with E-state index in [-0.39, 0.29) is 17.4 Å². The molecule has 1 amide bonds. The Balaban J connectivity index is 1.85. The number of benzene rings is 2. The Labute approximate surface area is 151 Å². The average Bonchev–Trinajstić information content (AvgIpc) is 2.99. The molecule has 6 heteroatoms. The van der Waals surface area contributed by atoms with Crippen LogP contribution in [-0.2, 0) is 0 Å². The molecule has 2 aromatic carbocycles. The number of anilines is 1. The van der Waals surface area contributed by atoms with Crippen LogP contribution < -0.4 is 5.32 Å². The van der Waals surface area contributed by atoms with Crippen LogP contribution in [0.15, 0.2) is 42.5 Å². The molecule has 3 aromatic rings. The lowest BCUT2D eigenvalue weighted by molar-refractivity contribution is 0.102. The van der Waals surface area contributed by atoms with Crippen LogP contribution in [0, 0.1) is 19.7 Å². The fraction of sp³-hybridized carbons (Fsp3) is 0.250. The van der Waals surface area contributed by atoms with E-state index in [1.165, 1.54) is 23.8 Å². The van der Waals surface area contributed by atoms with Crippen molar-refractivity contribution in [3.63, 3.8) is 0 Å². The first kappa shape index (κ1) is 17.8. The standard InChI is InChI=1S/C20H21FN4O/c1-12(2)15-5-8-17(9-6-15)25-14(4)19(23-24-25)20(26)22-18-10-7-16(21)11-13(18)3/h5-12H,1-4H3,(H,22,26). The van der Waals surface area contributed by atoms with E-state index in [2.05, 4.69) is 29.5 Å². The van der Waals surface area contributed by atoms with Gasteiger partial charge in [0, 0.05) is 5.69 Å². The molecule has 5 nitrogen and oxygen atoms in total. The second-order valence-corrected chi connectivity index (χ2v) is 6.59. The van der Waals surface area contributed by atoms with Crippen LogP contribution in [0.25, 0.3) is 5.69 Å². The van der Waals surface area contributed by atoms with Crippen LogP contribution in [0.3, 0.4) is 0 Å². The summed E-state index contributed by atoms with van der Waals surface area (Å²) in [5, 5.41) is 10.9. The van der Waals surface area contributed by atoms with Crippen LogP contribution in [0.1, 0.15) is 47.1 Å². The fourth-order valence-corrected chi connectivity index (χ4v) is 2.73. The molecule has 0 spiro atoms. The van der Waals surface area contributed by atoms with Crippen molar-refractivity contribution >= 4 is 11.6 Å². The van der Waals surface area contributed by atoms with Gasteiger partial charge in [0.05, 0.1) is 11.4 Å². The first-order valence-corrected chi connectivity index (χ1v) is 8.47. The SMILES string of the molecule is Cc1cc(F)ccc1NC(=O)c1nnn(-c2ccc(C(C)C)cc2)c1C.